The third-order valence-corrected chi connectivity index (χ3v) is 2.78. The van der Waals surface area contributed by atoms with Crippen LogP contribution >= 0.6 is 0 Å². The van der Waals surface area contributed by atoms with Crippen LogP contribution in [0, 0.1) is 0 Å². The number of carboxylic acids is 1. The summed E-state index contributed by atoms with van der Waals surface area (Å²) in [6.45, 7) is 0.391. The second kappa shape index (κ2) is 3.62. The molecule has 0 spiro atoms. The van der Waals surface area contributed by atoms with Gasteiger partial charge in [-0.2, -0.15) is 0 Å². The number of aliphatic carboxylic acids is 1. The van der Waals surface area contributed by atoms with E-state index in [2.05, 4.69) is 5.32 Å². The molecule has 1 aromatic rings. The number of alkyl halides is 1. The largest absolute Gasteiger partial charge is 0.479 e. The number of carbonyl (C=O) groups is 1. The van der Waals surface area contributed by atoms with E-state index < -0.39 is 17.7 Å². The molecule has 1 aliphatic rings. The molecule has 80 valence electrons. The molecular weight excluding hydrogens is 197 g/mol. The fourth-order valence-electron chi connectivity index (χ4n) is 1.96. The Morgan fingerprint density at radius 3 is 2.73 bits per heavy atom. The third-order valence-electron chi connectivity index (χ3n) is 2.78. The van der Waals surface area contributed by atoms with E-state index in [0.717, 1.165) is 0 Å². The average Bonchev–Trinajstić information content (AvgIpc) is 2.63. The highest BCUT2D eigenvalue weighted by atomic mass is 19.1. The maximum atomic E-state index is 14.1. The van der Waals surface area contributed by atoms with E-state index in [4.69, 9.17) is 5.11 Å². The van der Waals surface area contributed by atoms with Crippen molar-refractivity contribution in [3.05, 3.63) is 35.9 Å². The number of carboxylic acid groups (broad SMARTS) is 1. The molecule has 1 heterocycles. The molecule has 1 aromatic carbocycles. The van der Waals surface area contributed by atoms with Crippen molar-refractivity contribution in [1.29, 1.82) is 0 Å². The maximum Gasteiger partial charge on any atom is 0.343 e. The van der Waals surface area contributed by atoms with Gasteiger partial charge in [-0.25, -0.2) is 9.18 Å². The third kappa shape index (κ3) is 1.61. The van der Waals surface area contributed by atoms with Crippen LogP contribution in [-0.4, -0.2) is 23.3 Å². The summed E-state index contributed by atoms with van der Waals surface area (Å²) in [6, 6.07) is 8.10. The molecule has 0 bridgehead atoms. The van der Waals surface area contributed by atoms with Gasteiger partial charge in [-0.15, -0.1) is 0 Å². The fourth-order valence-corrected chi connectivity index (χ4v) is 1.96. The Hall–Kier alpha value is -1.42. The molecule has 2 rings (SSSR count). The lowest BCUT2D eigenvalue weighted by Gasteiger charge is -2.22. The first-order valence-corrected chi connectivity index (χ1v) is 4.85. The van der Waals surface area contributed by atoms with Crippen molar-refractivity contribution in [2.45, 2.75) is 18.1 Å². The van der Waals surface area contributed by atoms with Crippen LogP contribution in [0.4, 0.5) is 4.39 Å². The molecule has 3 nitrogen and oxygen atoms in total. The Kier molecular flexibility index (Phi) is 2.44. The number of rotatable bonds is 2. The average molecular weight is 209 g/mol. The highest BCUT2D eigenvalue weighted by Gasteiger charge is 2.50. The topological polar surface area (TPSA) is 49.3 Å². The van der Waals surface area contributed by atoms with E-state index in [1.54, 1.807) is 24.3 Å². The minimum atomic E-state index is -2.18. The lowest BCUT2D eigenvalue weighted by atomic mass is 9.91. The van der Waals surface area contributed by atoms with Crippen molar-refractivity contribution in [1.82, 2.24) is 5.32 Å². The summed E-state index contributed by atoms with van der Waals surface area (Å²) >= 11 is 0. The smallest absolute Gasteiger partial charge is 0.343 e. The van der Waals surface area contributed by atoms with Crippen LogP contribution in [0.2, 0.25) is 0 Å². The van der Waals surface area contributed by atoms with E-state index >= 15 is 0 Å². The summed E-state index contributed by atoms with van der Waals surface area (Å²) in [4.78, 5) is 10.9. The summed E-state index contributed by atoms with van der Waals surface area (Å²) in [7, 11) is 0. The first kappa shape index (κ1) is 10.1. The molecule has 0 radical (unpaired) electrons. The number of hydrogen-bond acceptors (Lipinski definition) is 2. The van der Waals surface area contributed by atoms with Crippen LogP contribution in [0.3, 0.4) is 0 Å². The predicted octanol–water partition coefficient (Wildman–Crippen LogP) is 1.51. The highest BCUT2D eigenvalue weighted by Crippen LogP contribution is 2.37. The molecule has 1 aliphatic heterocycles. The van der Waals surface area contributed by atoms with Crippen LogP contribution in [0.1, 0.15) is 18.0 Å². The fraction of sp³-hybridized carbons (Fsp3) is 0.364. The minimum Gasteiger partial charge on any atom is -0.479 e. The lowest BCUT2D eigenvalue weighted by Crippen LogP contribution is -2.39. The zero-order valence-electron chi connectivity index (χ0n) is 8.11. The Bertz CT molecular complexity index is 368. The van der Waals surface area contributed by atoms with Gasteiger partial charge in [0.2, 0.25) is 5.67 Å². The SMILES string of the molecule is O=C(O)C1(F)CCNC1c1ccccc1. The first-order valence-electron chi connectivity index (χ1n) is 4.85. The van der Waals surface area contributed by atoms with Crippen molar-refractivity contribution in [3.63, 3.8) is 0 Å². The normalized spacial score (nSPS) is 30.3. The van der Waals surface area contributed by atoms with E-state index in [-0.39, 0.29) is 6.42 Å². The van der Waals surface area contributed by atoms with Crippen LogP contribution in [0.15, 0.2) is 30.3 Å². The zero-order valence-corrected chi connectivity index (χ0v) is 8.11. The van der Waals surface area contributed by atoms with Crippen LogP contribution < -0.4 is 5.32 Å². The van der Waals surface area contributed by atoms with Crippen molar-refractivity contribution in [3.8, 4) is 0 Å². The van der Waals surface area contributed by atoms with Gasteiger partial charge in [-0.05, 0) is 12.1 Å². The Morgan fingerprint density at radius 1 is 1.47 bits per heavy atom. The number of hydrogen-bond donors (Lipinski definition) is 2. The van der Waals surface area contributed by atoms with Crippen molar-refractivity contribution >= 4 is 5.97 Å². The van der Waals surface area contributed by atoms with Gasteiger partial charge >= 0.3 is 5.97 Å². The van der Waals surface area contributed by atoms with Gasteiger partial charge in [0.25, 0.3) is 0 Å². The van der Waals surface area contributed by atoms with Gasteiger partial charge in [0, 0.05) is 6.42 Å². The second-order valence-electron chi connectivity index (χ2n) is 3.72. The molecule has 1 saturated heterocycles. The van der Waals surface area contributed by atoms with Crippen molar-refractivity contribution in [2.75, 3.05) is 6.54 Å². The molecule has 2 unspecified atom stereocenters. The van der Waals surface area contributed by atoms with Crippen molar-refractivity contribution < 1.29 is 14.3 Å². The van der Waals surface area contributed by atoms with E-state index in [1.807, 2.05) is 6.07 Å². The second-order valence-corrected chi connectivity index (χ2v) is 3.72. The summed E-state index contributed by atoms with van der Waals surface area (Å²) in [5.41, 5.74) is -1.50. The summed E-state index contributed by atoms with van der Waals surface area (Å²) < 4.78 is 14.1. The molecule has 15 heavy (non-hydrogen) atoms. The summed E-state index contributed by atoms with van der Waals surface area (Å²) in [5.74, 6) is -1.39. The van der Waals surface area contributed by atoms with E-state index in [1.165, 1.54) is 0 Å². The van der Waals surface area contributed by atoms with Gasteiger partial charge in [0.1, 0.15) is 0 Å². The quantitative estimate of drug-likeness (QED) is 0.776. The minimum absolute atomic E-state index is 0.0158. The number of benzene rings is 1. The van der Waals surface area contributed by atoms with Gasteiger partial charge in [0.15, 0.2) is 0 Å². The molecule has 2 N–H and O–H groups in total. The van der Waals surface area contributed by atoms with E-state index in [9.17, 15) is 9.18 Å². The van der Waals surface area contributed by atoms with Crippen LogP contribution in [-0.2, 0) is 4.79 Å². The molecule has 4 heteroatoms. The molecule has 0 aromatic heterocycles. The molecule has 1 fully saturated rings. The summed E-state index contributed by atoms with van der Waals surface area (Å²) in [5, 5.41) is 11.8. The van der Waals surface area contributed by atoms with Gasteiger partial charge in [-0.1, -0.05) is 30.3 Å². The maximum absolute atomic E-state index is 14.1. The highest BCUT2D eigenvalue weighted by molar-refractivity contribution is 5.79. The molecule has 2 atom stereocenters. The van der Waals surface area contributed by atoms with E-state index in [0.29, 0.717) is 12.1 Å². The first-order chi connectivity index (χ1) is 7.14. The summed E-state index contributed by atoms with van der Waals surface area (Å²) in [6.07, 6.45) is 0.0158. The zero-order chi connectivity index (χ0) is 10.9. The standard InChI is InChI=1S/C11H12FNO2/c12-11(10(14)15)6-7-13-9(11)8-4-2-1-3-5-8/h1-5,9,13H,6-7H2,(H,14,15). The van der Waals surface area contributed by atoms with Gasteiger partial charge in [-0.3, -0.25) is 0 Å². The predicted molar refractivity (Wildman–Crippen MR) is 53.3 cm³/mol. The Balaban J connectivity index is 2.34. The van der Waals surface area contributed by atoms with Gasteiger partial charge < -0.3 is 10.4 Å². The monoisotopic (exact) mass is 209 g/mol. The number of halogens is 1. The molecular formula is C11H12FNO2. The Labute approximate surface area is 86.9 Å². The molecule has 0 saturated carbocycles. The van der Waals surface area contributed by atoms with Crippen LogP contribution in [0.5, 0.6) is 0 Å². The lowest BCUT2D eigenvalue weighted by molar-refractivity contribution is -0.151. The molecule has 0 aliphatic carbocycles. The number of nitrogens with one attached hydrogen (secondary N) is 1. The Morgan fingerprint density at radius 2 is 2.13 bits per heavy atom. The van der Waals surface area contributed by atoms with Crippen LogP contribution in [0.25, 0.3) is 0 Å². The van der Waals surface area contributed by atoms with Crippen molar-refractivity contribution in [2.24, 2.45) is 0 Å². The molecule has 0 amide bonds. The van der Waals surface area contributed by atoms with Gasteiger partial charge in [0.05, 0.1) is 6.04 Å².